The number of fused-ring (bicyclic) bond motifs is 1. The normalized spacial score (nSPS) is 14.9. The SMILES string of the molecule is CN(C)CCNC(=O)/C=C1/c2ccccc2N(C(=O)c2ccc(NC(=O)c3ccccc3-c3ccccc3)cc2)CCC1(F)F. The van der Waals surface area contributed by atoms with Crippen molar-refractivity contribution in [2.45, 2.75) is 12.3 Å². The van der Waals surface area contributed by atoms with Crippen molar-refractivity contribution < 1.29 is 23.2 Å². The van der Waals surface area contributed by atoms with Gasteiger partial charge in [0.05, 0.1) is 5.69 Å². The van der Waals surface area contributed by atoms with Crippen LogP contribution in [0.15, 0.2) is 109 Å². The number of anilines is 2. The largest absolute Gasteiger partial charge is 0.351 e. The van der Waals surface area contributed by atoms with Crippen molar-refractivity contribution in [2.24, 2.45) is 0 Å². The van der Waals surface area contributed by atoms with Crippen molar-refractivity contribution >= 4 is 34.7 Å². The minimum atomic E-state index is -3.34. The Kier molecular flexibility index (Phi) is 9.49. The summed E-state index contributed by atoms with van der Waals surface area (Å²) in [5.41, 5.74) is 2.94. The summed E-state index contributed by atoms with van der Waals surface area (Å²) in [6.07, 6.45) is 0.287. The zero-order valence-electron chi connectivity index (χ0n) is 25.1. The molecule has 45 heavy (non-hydrogen) atoms. The zero-order chi connectivity index (χ0) is 32.0. The Morgan fingerprint density at radius 3 is 2.20 bits per heavy atom. The number of likely N-dealkylation sites (N-methyl/N-ethyl adjacent to an activating group) is 1. The summed E-state index contributed by atoms with van der Waals surface area (Å²) in [6.45, 7) is 0.619. The molecule has 4 aromatic rings. The molecule has 9 heteroatoms. The number of nitrogens with zero attached hydrogens (tertiary/aromatic N) is 2. The van der Waals surface area contributed by atoms with Crippen molar-refractivity contribution in [3.63, 3.8) is 0 Å². The maximum absolute atomic E-state index is 15.5. The van der Waals surface area contributed by atoms with Gasteiger partial charge in [-0.1, -0.05) is 66.7 Å². The molecule has 0 spiro atoms. The minimum Gasteiger partial charge on any atom is -0.351 e. The van der Waals surface area contributed by atoms with Crippen LogP contribution in [0.4, 0.5) is 20.2 Å². The van der Waals surface area contributed by atoms with Crippen molar-refractivity contribution in [1.82, 2.24) is 10.2 Å². The van der Waals surface area contributed by atoms with Gasteiger partial charge in [-0.3, -0.25) is 14.4 Å². The summed E-state index contributed by atoms with van der Waals surface area (Å²) in [7, 11) is 3.70. The number of carbonyl (C=O) groups is 3. The van der Waals surface area contributed by atoms with Crippen LogP contribution in [0.2, 0.25) is 0 Å². The van der Waals surface area contributed by atoms with E-state index in [9.17, 15) is 14.4 Å². The fourth-order valence-corrected chi connectivity index (χ4v) is 5.22. The van der Waals surface area contributed by atoms with Gasteiger partial charge in [-0.05, 0) is 61.6 Å². The summed E-state index contributed by atoms with van der Waals surface area (Å²) in [5.74, 6) is -4.73. The van der Waals surface area contributed by atoms with Gasteiger partial charge in [0.1, 0.15) is 0 Å². The van der Waals surface area contributed by atoms with E-state index in [1.54, 1.807) is 54.6 Å². The fourth-order valence-electron chi connectivity index (χ4n) is 5.22. The molecule has 2 N–H and O–H groups in total. The maximum atomic E-state index is 15.5. The Labute approximate surface area is 261 Å². The third kappa shape index (κ3) is 7.33. The summed E-state index contributed by atoms with van der Waals surface area (Å²) in [5, 5.41) is 5.53. The highest BCUT2D eigenvalue weighted by Gasteiger charge is 2.41. The number of benzene rings is 4. The standard InChI is InChI=1S/C36H34F2N4O3/c1-41(2)23-21-39-33(43)24-31-30-14-8-9-15-32(30)42(22-20-36(31,37)38)35(45)26-16-18-27(19-17-26)40-34(44)29-13-7-6-12-28(29)25-10-4-3-5-11-25/h3-19,24H,20-23H2,1-2H3,(H,39,43)(H,40,44)/b31-24-. The van der Waals surface area contributed by atoms with E-state index in [0.29, 0.717) is 30.0 Å². The number of hydrogen-bond acceptors (Lipinski definition) is 4. The van der Waals surface area contributed by atoms with Crippen LogP contribution in [0, 0.1) is 0 Å². The Morgan fingerprint density at radius 2 is 1.49 bits per heavy atom. The van der Waals surface area contributed by atoms with Gasteiger partial charge in [-0.2, -0.15) is 0 Å². The number of rotatable bonds is 8. The number of para-hydroxylation sites is 1. The molecule has 0 atom stereocenters. The molecular weight excluding hydrogens is 574 g/mol. The lowest BCUT2D eigenvalue weighted by Gasteiger charge is -2.23. The van der Waals surface area contributed by atoms with E-state index in [4.69, 9.17) is 0 Å². The smallest absolute Gasteiger partial charge is 0.275 e. The molecule has 3 amide bonds. The van der Waals surface area contributed by atoms with Gasteiger partial charge in [0.25, 0.3) is 17.7 Å². The molecular formula is C36H34F2N4O3. The molecule has 1 heterocycles. The monoisotopic (exact) mass is 608 g/mol. The molecule has 0 aliphatic carbocycles. The lowest BCUT2D eigenvalue weighted by molar-refractivity contribution is -0.116. The average molecular weight is 609 g/mol. The van der Waals surface area contributed by atoms with Crippen LogP contribution < -0.4 is 15.5 Å². The van der Waals surface area contributed by atoms with Gasteiger partial charge in [-0.25, -0.2) is 8.78 Å². The van der Waals surface area contributed by atoms with Crippen LogP contribution in [0.1, 0.15) is 32.7 Å². The summed E-state index contributed by atoms with van der Waals surface area (Å²) in [4.78, 5) is 42.7. The predicted octanol–water partition coefficient (Wildman–Crippen LogP) is 6.35. The maximum Gasteiger partial charge on any atom is 0.275 e. The molecule has 230 valence electrons. The van der Waals surface area contributed by atoms with Crippen molar-refractivity contribution in [3.05, 3.63) is 126 Å². The number of amides is 3. The van der Waals surface area contributed by atoms with E-state index in [1.165, 1.54) is 11.0 Å². The van der Waals surface area contributed by atoms with Gasteiger partial charge in [0.15, 0.2) is 0 Å². The van der Waals surface area contributed by atoms with E-state index in [-0.39, 0.29) is 23.6 Å². The van der Waals surface area contributed by atoms with Crippen molar-refractivity contribution in [3.8, 4) is 11.1 Å². The van der Waals surface area contributed by atoms with E-state index in [1.807, 2.05) is 61.5 Å². The second-order valence-electron chi connectivity index (χ2n) is 11.0. The second-order valence-corrected chi connectivity index (χ2v) is 11.0. The molecule has 0 unspecified atom stereocenters. The Morgan fingerprint density at radius 1 is 0.844 bits per heavy atom. The molecule has 1 aliphatic heterocycles. The van der Waals surface area contributed by atoms with Crippen LogP contribution in [0.25, 0.3) is 16.7 Å². The highest BCUT2D eigenvalue weighted by atomic mass is 19.3. The lowest BCUT2D eigenvalue weighted by atomic mass is 9.97. The zero-order valence-corrected chi connectivity index (χ0v) is 25.1. The molecule has 5 rings (SSSR count). The number of nitrogens with one attached hydrogen (secondary N) is 2. The minimum absolute atomic E-state index is 0.122. The molecule has 0 saturated heterocycles. The highest BCUT2D eigenvalue weighted by Crippen LogP contribution is 2.43. The molecule has 1 aliphatic rings. The van der Waals surface area contributed by atoms with Gasteiger partial charge >= 0.3 is 0 Å². The van der Waals surface area contributed by atoms with Crippen LogP contribution in [-0.2, 0) is 4.79 Å². The van der Waals surface area contributed by atoms with Crippen molar-refractivity contribution in [2.75, 3.05) is 43.9 Å². The van der Waals surface area contributed by atoms with E-state index < -0.39 is 29.7 Å². The highest BCUT2D eigenvalue weighted by molar-refractivity contribution is 6.11. The number of allylic oxidation sites excluding steroid dienone is 1. The first kappa shape index (κ1) is 31.3. The molecule has 0 radical (unpaired) electrons. The topological polar surface area (TPSA) is 81.8 Å². The first-order chi connectivity index (χ1) is 21.6. The predicted molar refractivity (Wildman–Crippen MR) is 173 cm³/mol. The third-order valence-corrected chi connectivity index (χ3v) is 7.55. The summed E-state index contributed by atoms with van der Waals surface area (Å²) >= 11 is 0. The van der Waals surface area contributed by atoms with Crippen molar-refractivity contribution in [1.29, 1.82) is 0 Å². The summed E-state index contributed by atoms with van der Waals surface area (Å²) < 4.78 is 30.9. The van der Waals surface area contributed by atoms with Crippen LogP contribution in [-0.4, -0.2) is 62.3 Å². The Hall–Kier alpha value is -5.15. The fraction of sp³-hybridized carbons (Fsp3) is 0.194. The van der Waals surface area contributed by atoms with Crippen LogP contribution >= 0.6 is 0 Å². The van der Waals surface area contributed by atoms with Crippen LogP contribution in [0.3, 0.4) is 0 Å². The van der Waals surface area contributed by atoms with Gasteiger partial charge in [0, 0.05) is 60.1 Å². The number of carbonyl (C=O) groups excluding carboxylic acids is 3. The molecule has 0 aromatic heterocycles. The molecule has 7 nitrogen and oxygen atoms in total. The third-order valence-electron chi connectivity index (χ3n) is 7.55. The van der Waals surface area contributed by atoms with Gasteiger partial charge in [-0.15, -0.1) is 0 Å². The first-order valence-corrected chi connectivity index (χ1v) is 14.6. The quantitative estimate of drug-likeness (QED) is 0.229. The number of hydrogen-bond donors (Lipinski definition) is 2. The average Bonchev–Trinajstić information content (AvgIpc) is 3.15. The number of alkyl halides is 2. The summed E-state index contributed by atoms with van der Waals surface area (Å²) in [6, 6.07) is 29.6. The Balaban J connectivity index is 1.36. The van der Waals surface area contributed by atoms with E-state index in [0.717, 1.165) is 17.2 Å². The van der Waals surface area contributed by atoms with Gasteiger partial charge < -0.3 is 20.4 Å². The number of halogens is 2. The molecule has 4 aromatic carbocycles. The van der Waals surface area contributed by atoms with Gasteiger partial charge in [0.2, 0.25) is 5.91 Å². The molecule has 0 saturated carbocycles. The second kappa shape index (κ2) is 13.7. The first-order valence-electron chi connectivity index (χ1n) is 14.6. The molecule has 0 fully saturated rings. The molecule has 0 bridgehead atoms. The van der Waals surface area contributed by atoms with Crippen LogP contribution in [0.5, 0.6) is 0 Å². The lowest BCUT2D eigenvalue weighted by Crippen LogP contribution is -2.33. The Bertz CT molecular complexity index is 1720. The van der Waals surface area contributed by atoms with E-state index >= 15 is 8.78 Å². The van der Waals surface area contributed by atoms with E-state index in [2.05, 4.69) is 10.6 Å².